The average molecular weight is 217 g/mol. The highest BCUT2D eigenvalue weighted by Crippen LogP contribution is 2.30. The fourth-order valence-electron chi connectivity index (χ4n) is 2.42. The first-order valence-corrected chi connectivity index (χ1v) is 5.59. The molecule has 0 bridgehead atoms. The molecule has 2 aromatic carbocycles. The summed E-state index contributed by atoms with van der Waals surface area (Å²) in [5, 5.41) is 3.60. The summed E-state index contributed by atoms with van der Waals surface area (Å²) in [6.45, 7) is 0. The molecule has 0 aliphatic carbocycles. The largest absolute Gasteiger partial charge is 0.361 e. The molecular weight excluding hydrogens is 208 g/mol. The molecule has 2 heteroatoms. The molecule has 0 unspecified atom stereocenters. The average Bonchev–Trinajstić information content (AvgIpc) is 2.77. The topological polar surface area (TPSA) is 28.7 Å². The number of aromatic nitrogens is 2. The highest BCUT2D eigenvalue weighted by Gasteiger charge is 2.07. The molecule has 1 radical (unpaired) electrons. The normalized spacial score (nSPS) is 11.5. The standard InChI is InChI=1S/C15H9N2/c1-2-6-13-11(4-1)15-10-5-3-9-16-12(10)7-8-14(15)17-13/h1-2,4-9,16H. The Balaban J connectivity index is 2.38. The van der Waals surface area contributed by atoms with Crippen molar-refractivity contribution < 1.29 is 0 Å². The van der Waals surface area contributed by atoms with Gasteiger partial charge in [0.25, 0.3) is 0 Å². The van der Waals surface area contributed by atoms with Crippen molar-refractivity contribution in [3.63, 3.8) is 0 Å². The summed E-state index contributed by atoms with van der Waals surface area (Å²) in [6.07, 6.45) is 1.83. The number of fused-ring (bicyclic) bond motifs is 5. The lowest BCUT2D eigenvalue weighted by Crippen LogP contribution is -1.78. The van der Waals surface area contributed by atoms with Gasteiger partial charge in [0.15, 0.2) is 0 Å². The van der Waals surface area contributed by atoms with E-state index < -0.39 is 0 Å². The van der Waals surface area contributed by atoms with Crippen molar-refractivity contribution in [1.29, 1.82) is 0 Å². The number of benzene rings is 2. The van der Waals surface area contributed by atoms with Crippen molar-refractivity contribution >= 4 is 32.7 Å². The number of nitrogens with one attached hydrogen (secondary N) is 1. The first-order chi connectivity index (χ1) is 8.43. The van der Waals surface area contributed by atoms with E-state index in [4.69, 9.17) is 0 Å². The molecule has 0 amide bonds. The van der Waals surface area contributed by atoms with Crippen LogP contribution in [0.5, 0.6) is 0 Å². The van der Waals surface area contributed by atoms with Gasteiger partial charge in [0.1, 0.15) is 0 Å². The van der Waals surface area contributed by atoms with Crippen molar-refractivity contribution in [2.24, 2.45) is 0 Å². The summed E-state index contributed by atoms with van der Waals surface area (Å²) in [5.74, 6) is 0. The van der Waals surface area contributed by atoms with Crippen LogP contribution in [0.15, 0.2) is 48.7 Å². The van der Waals surface area contributed by atoms with Gasteiger partial charge < -0.3 is 4.98 Å². The Bertz CT molecular complexity index is 837. The lowest BCUT2D eigenvalue weighted by atomic mass is 10.1. The monoisotopic (exact) mass is 217 g/mol. The van der Waals surface area contributed by atoms with Crippen molar-refractivity contribution in [1.82, 2.24) is 9.97 Å². The van der Waals surface area contributed by atoms with Crippen molar-refractivity contribution in [2.45, 2.75) is 0 Å². The minimum Gasteiger partial charge on any atom is -0.361 e. The summed E-state index contributed by atoms with van der Waals surface area (Å²) in [5.41, 5.74) is 3.22. The van der Waals surface area contributed by atoms with Crippen LogP contribution in [0.1, 0.15) is 0 Å². The van der Waals surface area contributed by atoms with Crippen LogP contribution < -0.4 is 0 Å². The second-order valence-electron chi connectivity index (χ2n) is 4.15. The summed E-state index contributed by atoms with van der Waals surface area (Å²) in [7, 11) is 0. The molecule has 0 aliphatic rings. The van der Waals surface area contributed by atoms with Crippen molar-refractivity contribution in [2.75, 3.05) is 0 Å². The van der Waals surface area contributed by atoms with E-state index in [-0.39, 0.29) is 0 Å². The summed E-state index contributed by atoms with van der Waals surface area (Å²) in [4.78, 5) is 7.85. The fraction of sp³-hybridized carbons (Fsp3) is 0. The van der Waals surface area contributed by atoms with Crippen LogP contribution in [0.2, 0.25) is 0 Å². The number of H-pyrrole nitrogens is 1. The van der Waals surface area contributed by atoms with Crippen molar-refractivity contribution in [3.8, 4) is 0 Å². The Morgan fingerprint density at radius 3 is 2.88 bits per heavy atom. The summed E-state index contributed by atoms with van der Waals surface area (Å²) >= 11 is 0. The Kier molecular flexibility index (Phi) is 1.59. The SMILES string of the molecule is [c]1c[nH]c2ccc3nc4ccccc4c3c2c1. The Morgan fingerprint density at radius 2 is 1.88 bits per heavy atom. The van der Waals surface area contributed by atoms with E-state index in [0.717, 1.165) is 16.6 Å². The van der Waals surface area contributed by atoms with Crippen molar-refractivity contribution in [3.05, 3.63) is 54.7 Å². The lowest BCUT2D eigenvalue weighted by molar-refractivity contribution is 1.41. The second-order valence-corrected chi connectivity index (χ2v) is 4.15. The molecule has 79 valence electrons. The third kappa shape index (κ3) is 1.12. The van der Waals surface area contributed by atoms with E-state index in [1.807, 2.05) is 18.3 Å². The molecule has 4 rings (SSSR count). The van der Waals surface area contributed by atoms with Gasteiger partial charge in [0.2, 0.25) is 0 Å². The number of aromatic amines is 1. The van der Waals surface area contributed by atoms with Gasteiger partial charge in [-0.25, -0.2) is 4.98 Å². The molecule has 0 aliphatic heterocycles. The van der Waals surface area contributed by atoms with Crippen LogP contribution in [-0.2, 0) is 0 Å². The molecule has 0 fully saturated rings. The predicted molar refractivity (Wildman–Crippen MR) is 69.9 cm³/mol. The zero-order valence-electron chi connectivity index (χ0n) is 9.07. The molecule has 2 aromatic heterocycles. The highest BCUT2D eigenvalue weighted by atomic mass is 14.7. The first-order valence-electron chi connectivity index (χ1n) is 5.59. The predicted octanol–water partition coefficient (Wildman–Crippen LogP) is 3.67. The van der Waals surface area contributed by atoms with E-state index in [2.05, 4.69) is 46.4 Å². The van der Waals surface area contributed by atoms with Gasteiger partial charge in [-0.3, -0.25) is 0 Å². The van der Waals surface area contributed by atoms with Crippen LogP contribution >= 0.6 is 0 Å². The van der Waals surface area contributed by atoms with Crippen LogP contribution in [0, 0.1) is 6.07 Å². The number of hydrogen-bond acceptors (Lipinski definition) is 1. The summed E-state index contributed by atoms with van der Waals surface area (Å²) in [6, 6.07) is 17.5. The lowest BCUT2D eigenvalue weighted by Gasteiger charge is -1.99. The van der Waals surface area contributed by atoms with Crippen LogP contribution in [0.25, 0.3) is 32.7 Å². The van der Waals surface area contributed by atoms with E-state index in [1.165, 1.54) is 16.2 Å². The molecule has 0 saturated carbocycles. The molecule has 17 heavy (non-hydrogen) atoms. The second kappa shape index (κ2) is 3.08. The van der Waals surface area contributed by atoms with Gasteiger partial charge in [-0.1, -0.05) is 18.2 Å². The Hall–Kier alpha value is -2.35. The Labute approximate surface area is 97.9 Å². The molecule has 0 saturated heterocycles. The third-order valence-corrected chi connectivity index (χ3v) is 3.18. The molecule has 2 heterocycles. The fourth-order valence-corrected chi connectivity index (χ4v) is 2.42. The maximum Gasteiger partial charge on any atom is 0.0723 e. The number of para-hydroxylation sites is 1. The number of pyridine rings is 1. The van der Waals surface area contributed by atoms with Crippen LogP contribution in [0.3, 0.4) is 0 Å². The van der Waals surface area contributed by atoms with E-state index >= 15 is 0 Å². The van der Waals surface area contributed by atoms with E-state index in [0.29, 0.717) is 0 Å². The molecule has 1 N–H and O–H groups in total. The van der Waals surface area contributed by atoms with Gasteiger partial charge >= 0.3 is 0 Å². The maximum atomic E-state index is 4.64. The molecule has 0 atom stereocenters. The molecule has 4 aromatic rings. The quantitative estimate of drug-likeness (QED) is 0.478. The highest BCUT2D eigenvalue weighted by molar-refractivity contribution is 6.19. The zero-order chi connectivity index (χ0) is 11.2. The number of hydrogen-bond donors (Lipinski definition) is 1. The first kappa shape index (κ1) is 8.76. The third-order valence-electron chi connectivity index (χ3n) is 3.18. The molecule has 0 spiro atoms. The zero-order valence-corrected chi connectivity index (χ0v) is 9.07. The number of nitrogens with zero attached hydrogens (tertiary/aromatic N) is 1. The van der Waals surface area contributed by atoms with Gasteiger partial charge in [-0.15, -0.1) is 0 Å². The molecular formula is C15H9N2. The van der Waals surface area contributed by atoms with Gasteiger partial charge in [0, 0.05) is 27.9 Å². The summed E-state index contributed by atoms with van der Waals surface area (Å²) < 4.78 is 0. The van der Waals surface area contributed by atoms with Gasteiger partial charge in [-0.05, 0) is 30.3 Å². The maximum absolute atomic E-state index is 4.64. The Morgan fingerprint density at radius 1 is 0.941 bits per heavy atom. The number of rotatable bonds is 0. The minimum absolute atomic E-state index is 1.05. The molecule has 2 nitrogen and oxygen atoms in total. The van der Waals surface area contributed by atoms with Gasteiger partial charge in [-0.2, -0.15) is 0 Å². The van der Waals surface area contributed by atoms with Crippen LogP contribution in [-0.4, -0.2) is 9.97 Å². The van der Waals surface area contributed by atoms with Gasteiger partial charge in [0.05, 0.1) is 11.0 Å². The van der Waals surface area contributed by atoms with E-state index in [9.17, 15) is 0 Å². The smallest absolute Gasteiger partial charge is 0.0723 e. The van der Waals surface area contributed by atoms with E-state index in [1.54, 1.807) is 0 Å². The minimum atomic E-state index is 1.05. The van der Waals surface area contributed by atoms with Crippen LogP contribution in [0.4, 0.5) is 0 Å².